The third-order valence-electron chi connectivity index (χ3n) is 3.94. The van der Waals surface area contributed by atoms with Gasteiger partial charge in [0, 0.05) is 29.6 Å². The number of imidazole rings is 1. The number of carbonyl (C=O) groups is 2. The molecule has 1 aliphatic rings. The molecule has 2 amide bonds. The fraction of sp³-hybridized carbons (Fsp3) is 0.312. The van der Waals surface area contributed by atoms with Gasteiger partial charge in [0.05, 0.1) is 6.54 Å². The third-order valence-corrected chi connectivity index (χ3v) is 3.94. The molecular weight excluding hydrogens is 318 g/mol. The first-order valence-corrected chi connectivity index (χ1v) is 7.48. The van der Waals surface area contributed by atoms with Crippen LogP contribution < -0.4 is 5.73 Å². The molecule has 0 aliphatic heterocycles. The zero-order chi connectivity index (χ0) is 17.3. The first kappa shape index (κ1) is 16.1. The Hall–Kier alpha value is -2.77. The van der Waals surface area contributed by atoms with Crippen LogP contribution in [0.4, 0.5) is 8.78 Å². The summed E-state index contributed by atoms with van der Waals surface area (Å²) in [6.45, 7) is -2.69. The van der Waals surface area contributed by atoms with Gasteiger partial charge in [-0.05, 0) is 37.1 Å². The Morgan fingerprint density at radius 1 is 1.25 bits per heavy atom. The fourth-order valence-corrected chi connectivity index (χ4v) is 2.49. The van der Waals surface area contributed by atoms with E-state index in [0.29, 0.717) is 11.1 Å². The van der Waals surface area contributed by atoms with Crippen molar-refractivity contribution in [1.82, 2.24) is 14.5 Å². The lowest BCUT2D eigenvalue weighted by Crippen LogP contribution is -2.33. The lowest BCUT2D eigenvalue weighted by molar-refractivity contribution is 0.0584. The van der Waals surface area contributed by atoms with E-state index < -0.39 is 12.5 Å². The molecule has 126 valence electrons. The lowest BCUT2D eigenvalue weighted by atomic mass is 10.1. The number of halogens is 2. The van der Waals surface area contributed by atoms with Crippen molar-refractivity contribution >= 4 is 11.8 Å². The molecular formula is C16H16F2N4O2. The Morgan fingerprint density at radius 3 is 2.42 bits per heavy atom. The van der Waals surface area contributed by atoms with Crippen molar-refractivity contribution in [1.29, 1.82) is 0 Å². The Kier molecular flexibility index (Phi) is 4.28. The van der Waals surface area contributed by atoms with Crippen LogP contribution in [-0.4, -0.2) is 32.3 Å². The maximum atomic E-state index is 12.9. The van der Waals surface area contributed by atoms with Crippen LogP contribution in [0.3, 0.4) is 0 Å². The number of rotatable bonds is 6. The smallest absolute Gasteiger partial charge is 0.319 e. The second kappa shape index (κ2) is 6.38. The van der Waals surface area contributed by atoms with Gasteiger partial charge in [-0.3, -0.25) is 14.2 Å². The standard InChI is InChI=1S/C16H16F2N4O2/c17-16(18)21-8-7-20-13(21)9-22(12-5-6-12)15(24)11-3-1-10(2-4-11)14(19)23/h1-4,7-8,12,16H,5-6,9H2,(H2,19,23). The molecule has 2 N–H and O–H groups in total. The molecule has 1 fully saturated rings. The van der Waals surface area contributed by atoms with Gasteiger partial charge < -0.3 is 10.6 Å². The molecule has 8 heteroatoms. The van der Waals surface area contributed by atoms with Crippen LogP contribution in [0.5, 0.6) is 0 Å². The van der Waals surface area contributed by atoms with E-state index >= 15 is 0 Å². The van der Waals surface area contributed by atoms with Crippen molar-refractivity contribution < 1.29 is 18.4 Å². The second-order valence-electron chi connectivity index (χ2n) is 5.63. The molecule has 3 rings (SSSR count). The number of nitrogens with zero attached hydrogens (tertiary/aromatic N) is 3. The zero-order valence-electron chi connectivity index (χ0n) is 12.7. The maximum Gasteiger partial charge on any atom is 0.319 e. The molecule has 24 heavy (non-hydrogen) atoms. The highest BCUT2D eigenvalue weighted by Gasteiger charge is 2.34. The van der Waals surface area contributed by atoms with E-state index in [2.05, 4.69) is 4.98 Å². The molecule has 1 aliphatic carbocycles. The van der Waals surface area contributed by atoms with Gasteiger partial charge in [-0.1, -0.05) is 0 Å². The molecule has 0 atom stereocenters. The number of hydrogen-bond donors (Lipinski definition) is 1. The van der Waals surface area contributed by atoms with Gasteiger partial charge in [0.15, 0.2) is 0 Å². The van der Waals surface area contributed by atoms with Crippen LogP contribution in [0.2, 0.25) is 0 Å². The Bertz CT molecular complexity index is 754. The SMILES string of the molecule is NC(=O)c1ccc(C(=O)N(Cc2nccn2C(F)F)C2CC2)cc1. The van der Waals surface area contributed by atoms with Gasteiger partial charge in [-0.15, -0.1) is 0 Å². The van der Waals surface area contributed by atoms with Crippen LogP contribution in [-0.2, 0) is 6.54 Å². The normalized spacial score (nSPS) is 14.0. The zero-order valence-corrected chi connectivity index (χ0v) is 12.7. The number of aromatic nitrogens is 2. The van der Waals surface area contributed by atoms with Crippen molar-refractivity contribution in [3.8, 4) is 0 Å². The minimum absolute atomic E-state index is 0.0123. The molecule has 0 unspecified atom stereocenters. The average Bonchev–Trinajstić information content (AvgIpc) is 3.29. The van der Waals surface area contributed by atoms with Gasteiger partial charge in [0.2, 0.25) is 5.91 Å². The molecule has 2 aromatic rings. The van der Waals surface area contributed by atoms with Crippen molar-refractivity contribution in [2.75, 3.05) is 0 Å². The summed E-state index contributed by atoms with van der Waals surface area (Å²) in [5, 5.41) is 0. The van der Waals surface area contributed by atoms with Gasteiger partial charge in [-0.2, -0.15) is 8.78 Å². The van der Waals surface area contributed by atoms with E-state index in [1.807, 2.05) is 0 Å². The Balaban J connectivity index is 1.81. The highest BCUT2D eigenvalue weighted by Crippen LogP contribution is 2.30. The maximum absolute atomic E-state index is 12.9. The summed E-state index contributed by atoms with van der Waals surface area (Å²) in [7, 11) is 0. The summed E-state index contributed by atoms with van der Waals surface area (Å²) in [6.07, 6.45) is 4.15. The van der Waals surface area contributed by atoms with Crippen molar-refractivity contribution in [2.45, 2.75) is 32.0 Å². The molecule has 0 radical (unpaired) electrons. The summed E-state index contributed by atoms with van der Waals surface area (Å²) >= 11 is 0. The summed E-state index contributed by atoms with van der Waals surface area (Å²) in [6, 6.07) is 5.99. The molecule has 1 aromatic carbocycles. The summed E-state index contributed by atoms with van der Waals surface area (Å²) in [4.78, 5) is 29.3. The number of hydrogen-bond acceptors (Lipinski definition) is 3. The topological polar surface area (TPSA) is 81.2 Å². The lowest BCUT2D eigenvalue weighted by Gasteiger charge is -2.22. The summed E-state index contributed by atoms with van der Waals surface area (Å²) in [5.41, 5.74) is 5.86. The quantitative estimate of drug-likeness (QED) is 0.879. The van der Waals surface area contributed by atoms with Crippen LogP contribution in [0, 0.1) is 0 Å². The second-order valence-corrected chi connectivity index (χ2v) is 5.63. The molecule has 6 nitrogen and oxygen atoms in total. The van der Waals surface area contributed by atoms with Crippen LogP contribution in [0.15, 0.2) is 36.7 Å². The van der Waals surface area contributed by atoms with E-state index in [9.17, 15) is 18.4 Å². The van der Waals surface area contributed by atoms with E-state index in [1.54, 1.807) is 4.90 Å². The minimum atomic E-state index is -2.70. The number of nitrogens with two attached hydrogens (primary N) is 1. The predicted octanol–water partition coefficient (Wildman–Crippen LogP) is 2.18. The largest absolute Gasteiger partial charge is 0.366 e. The molecule has 1 aromatic heterocycles. The molecule has 0 spiro atoms. The van der Waals surface area contributed by atoms with E-state index in [-0.39, 0.29) is 24.3 Å². The van der Waals surface area contributed by atoms with Gasteiger partial charge >= 0.3 is 6.55 Å². The van der Waals surface area contributed by atoms with Crippen molar-refractivity contribution in [3.63, 3.8) is 0 Å². The number of amides is 2. The Labute approximate surface area is 136 Å². The molecule has 1 heterocycles. The van der Waals surface area contributed by atoms with Gasteiger partial charge in [-0.25, -0.2) is 4.98 Å². The fourth-order valence-electron chi connectivity index (χ4n) is 2.49. The van der Waals surface area contributed by atoms with E-state index in [1.165, 1.54) is 36.7 Å². The van der Waals surface area contributed by atoms with Crippen molar-refractivity contribution in [3.05, 3.63) is 53.6 Å². The van der Waals surface area contributed by atoms with E-state index in [0.717, 1.165) is 17.4 Å². The highest BCUT2D eigenvalue weighted by atomic mass is 19.3. The minimum Gasteiger partial charge on any atom is -0.366 e. The number of alkyl halides is 2. The number of benzene rings is 1. The Morgan fingerprint density at radius 2 is 1.88 bits per heavy atom. The van der Waals surface area contributed by atoms with Crippen LogP contribution in [0.1, 0.15) is 45.9 Å². The number of primary amides is 1. The molecule has 0 saturated heterocycles. The monoisotopic (exact) mass is 334 g/mol. The van der Waals surface area contributed by atoms with Crippen LogP contribution >= 0.6 is 0 Å². The highest BCUT2D eigenvalue weighted by molar-refractivity contribution is 5.97. The summed E-state index contributed by atoms with van der Waals surface area (Å²) in [5.74, 6) is -0.719. The molecule has 1 saturated carbocycles. The molecule has 0 bridgehead atoms. The first-order valence-electron chi connectivity index (χ1n) is 7.48. The predicted molar refractivity (Wildman–Crippen MR) is 81.3 cm³/mol. The van der Waals surface area contributed by atoms with Crippen molar-refractivity contribution in [2.24, 2.45) is 5.73 Å². The van der Waals surface area contributed by atoms with E-state index in [4.69, 9.17) is 5.73 Å². The van der Waals surface area contributed by atoms with Gasteiger partial charge in [0.25, 0.3) is 5.91 Å². The summed E-state index contributed by atoms with van der Waals surface area (Å²) < 4.78 is 26.6. The van der Waals surface area contributed by atoms with Gasteiger partial charge in [0.1, 0.15) is 5.82 Å². The number of carbonyl (C=O) groups excluding carboxylic acids is 2. The average molecular weight is 334 g/mol. The third kappa shape index (κ3) is 3.27. The van der Waals surface area contributed by atoms with Crippen LogP contribution in [0.25, 0.3) is 0 Å². The first-order chi connectivity index (χ1) is 11.5.